The molecule has 1 fully saturated rings. The second-order valence-corrected chi connectivity index (χ2v) is 5.88. The molecule has 1 atom stereocenters. The van der Waals surface area contributed by atoms with Crippen molar-refractivity contribution < 1.29 is 0 Å². The molecule has 1 aromatic carbocycles. The van der Waals surface area contributed by atoms with Gasteiger partial charge in [0.25, 0.3) is 0 Å². The van der Waals surface area contributed by atoms with E-state index in [1.807, 2.05) is 12.1 Å². The first kappa shape index (κ1) is 14.8. The van der Waals surface area contributed by atoms with E-state index >= 15 is 0 Å². The maximum Gasteiger partial charge on any atom is 0.0451 e. The molecule has 2 rings (SSSR count). The van der Waals surface area contributed by atoms with Crippen molar-refractivity contribution >= 4 is 11.6 Å². The Morgan fingerprint density at radius 2 is 2.21 bits per heavy atom. The Morgan fingerprint density at radius 3 is 2.89 bits per heavy atom. The highest BCUT2D eigenvalue weighted by Crippen LogP contribution is 2.18. The molecule has 0 saturated carbocycles. The standard InChI is InChI=1S/C16H25ClN2/c1-2-3-11-19(13-15-8-6-10-18-15)12-14-7-4-5-9-16(14)17/h4-5,7,9,15,18H,2-3,6,8,10-13H2,1H3. The van der Waals surface area contributed by atoms with Gasteiger partial charge in [-0.05, 0) is 44.0 Å². The first-order valence-electron chi connectivity index (χ1n) is 7.48. The number of benzene rings is 1. The van der Waals surface area contributed by atoms with E-state index in [-0.39, 0.29) is 0 Å². The van der Waals surface area contributed by atoms with Gasteiger partial charge in [0.2, 0.25) is 0 Å². The maximum absolute atomic E-state index is 6.28. The van der Waals surface area contributed by atoms with E-state index in [4.69, 9.17) is 11.6 Å². The third kappa shape index (κ3) is 4.79. The van der Waals surface area contributed by atoms with E-state index in [0.717, 1.165) is 18.1 Å². The normalized spacial score (nSPS) is 19.2. The van der Waals surface area contributed by atoms with Crippen molar-refractivity contribution in [2.75, 3.05) is 19.6 Å². The van der Waals surface area contributed by atoms with Crippen LogP contribution in [0.2, 0.25) is 5.02 Å². The third-order valence-corrected chi connectivity index (χ3v) is 4.19. The molecule has 1 N–H and O–H groups in total. The lowest BCUT2D eigenvalue weighted by Crippen LogP contribution is -2.37. The molecule has 0 spiro atoms. The Morgan fingerprint density at radius 1 is 1.37 bits per heavy atom. The molecule has 1 aromatic rings. The quantitative estimate of drug-likeness (QED) is 0.819. The molecule has 106 valence electrons. The minimum Gasteiger partial charge on any atom is -0.313 e. The molecule has 1 aliphatic heterocycles. The van der Waals surface area contributed by atoms with Crippen LogP contribution in [0.4, 0.5) is 0 Å². The van der Waals surface area contributed by atoms with Crippen LogP contribution < -0.4 is 5.32 Å². The number of nitrogens with zero attached hydrogens (tertiary/aromatic N) is 1. The molecular weight excluding hydrogens is 256 g/mol. The lowest BCUT2D eigenvalue weighted by Gasteiger charge is -2.26. The molecule has 2 nitrogen and oxygen atoms in total. The first-order valence-corrected chi connectivity index (χ1v) is 7.86. The van der Waals surface area contributed by atoms with Gasteiger partial charge in [0.1, 0.15) is 0 Å². The monoisotopic (exact) mass is 280 g/mol. The van der Waals surface area contributed by atoms with Gasteiger partial charge in [-0.3, -0.25) is 4.90 Å². The summed E-state index contributed by atoms with van der Waals surface area (Å²) in [6.07, 6.45) is 5.14. The Labute approximate surface area is 122 Å². The van der Waals surface area contributed by atoms with Crippen LogP contribution in [-0.2, 0) is 6.54 Å². The second-order valence-electron chi connectivity index (χ2n) is 5.47. The summed E-state index contributed by atoms with van der Waals surface area (Å²) >= 11 is 6.28. The topological polar surface area (TPSA) is 15.3 Å². The van der Waals surface area contributed by atoms with Crippen molar-refractivity contribution in [3.63, 3.8) is 0 Å². The highest BCUT2D eigenvalue weighted by Gasteiger charge is 2.18. The number of halogens is 1. The molecule has 1 saturated heterocycles. The van der Waals surface area contributed by atoms with Crippen molar-refractivity contribution in [2.24, 2.45) is 0 Å². The number of rotatable bonds is 7. The molecule has 1 unspecified atom stereocenters. The fourth-order valence-corrected chi connectivity index (χ4v) is 2.90. The summed E-state index contributed by atoms with van der Waals surface area (Å²) in [5.74, 6) is 0. The molecule has 1 heterocycles. The summed E-state index contributed by atoms with van der Waals surface area (Å²) in [5, 5.41) is 4.48. The van der Waals surface area contributed by atoms with E-state index in [0.29, 0.717) is 6.04 Å². The first-order chi connectivity index (χ1) is 9.29. The van der Waals surface area contributed by atoms with E-state index < -0.39 is 0 Å². The van der Waals surface area contributed by atoms with Crippen LogP contribution in [0.3, 0.4) is 0 Å². The zero-order chi connectivity index (χ0) is 13.5. The molecule has 0 aliphatic carbocycles. The summed E-state index contributed by atoms with van der Waals surface area (Å²) < 4.78 is 0. The van der Waals surface area contributed by atoms with E-state index in [1.165, 1.54) is 44.3 Å². The van der Waals surface area contributed by atoms with Gasteiger partial charge in [-0.2, -0.15) is 0 Å². The second kappa shape index (κ2) is 7.88. The smallest absolute Gasteiger partial charge is 0.0451 e. The summed E-state index contributed by atoms with van der Waals surface area (Å²) in [7, 11) is 0. The fraction of sp³-hybridized carbons (Fsp3) is 0.625. The van der Waals surface area contributed by atoms with Gasteiger partial charge in [-0.1, -0.05) is 43.1 Å². The lowest BCUT2D eigenvalue weighted by atomic mass is 10.1. The Balaban J connectivity index is 1.94. The predicted molar refractivity (Wildman–Crippen MR) is 82.7 cm³/mol. The predicted octanol–water partition coefficient (Wildman–Crippen LogP) is 3.69. The fourth-order valence-electron chi connectivity index (χ4n) is 2.71. The van der Waals surface area contributed by atoms with Gasteiger partial charge < -0.3 is 5.32 Å². The van der Waals surface area contributed by atoms with Crippen LogP contribution in [0.1, 0.15) is 38.2 Å². The third-order valence-electron chi connectivity index (χ3n) is 3.82. The van der Waals surface area contributed by atoms with Crippen molar-refractivity contribution in [3.05, 3.63) is 34.9 Å². The van der Waals surface area contributed by atoms with Crippen LogP contribution in [0, 0.1) is 0 Å². The zero-order valence-electron chi connectivity index (χ0n) is 11.9. The summed E-state index contributed by atoms with van der Waals surface area (Å²) in [4.78, 5) is 2.55. The number of nitrogens with one attached hydrogen (secondary N) is 1. The Kier molecular flexibility index (Phi) is 6.15. The highest BCUT2D eigenvalue weighted by atomic mass is 35.5. The largest absolute Gasteiger partial charge is 0.313 e. The summed E-state index contributed by atoms with van der Waals surface area (Å²) in [6, 6.07) is 8.87. The Hall–Kier alpha value is -0.570. The number of hydrogen-bond acceptors (Lipinski definition) is 2. The van der Waals surface area contributed by atoms with Gasteiger partial charge in [-0.15, -0.1) is 0 Å². The van der Waals surface area contributed by atoms with Crippen LogP contribution in [0.5, 0.6) is 0 Å². The van der Waals surface area contributed by atoms with E-state index in [1.54, 1.807) is 0 Å². The van der Waals surface area contributed by atoms with E-state index in [2.05, 4.69) is 29.3 Å². The lowest BCUT2D eigenvalue weighted by molar-refractivity contribution is 0.237. The van der Waals surface area contributed by atoms with Crippen LogP contribution in [0.15, 0.2) is 24.3 Å². The molecule has 0 aromatic heterocycles. The van der Waals surface area contributed by atoms with Crippen molar-refractivity contribution in [1.29, 1.82) is 0 Å². The van der Waals surface area contributed by atoms with Gasteiger partial charge in [0.15, 0.2) is 0 Å². The van der Waals surface area contributed by atoms with Crippen molar-refractivity contribution in [1.82, 2.24) is 10.2 Å². The minimum absolute atomic E-state index is 0.666. The minimum atomic E-state index is 0.666. The van der Waals surface area contributed by atoms with Gasteiger partial charge >= 0.3 is 0 Å². The van der Waals surface area contributed by atoms with Crippen LogP contribution >= 0.6 is 11.6 Å². The molecule has 0 radical (unpaired) electrons. The van der Waals surface area contributed by atoms with Gasteiger partial charge in [0, 0.05) is 24.2 Å². The number of unbranched alkanes of at least 4 members (excludes halogenated alkanes) is 1. The van der Waals surface area contributed by atoms with Gasteiger partial charge in [-0.25, -0.2) is 0 Å². The number of hydrogen-bond donors (Lipinski definition) is 1. The highest BCUT2D eigenvalue weighted by molar-refractivity contribution is 6.31. The van der Waals surface area contributed by atoms with Crippen molar-refractivity contribution in [3.8, 4) is 0 Å². The average molecular weight is 281 g/mol. The van der Waals surface area contributed by atoms with Crippen molar-refractivity contribution in [2.45, 2.75) is 45.2 Å². The molecule has 0 bridgehead atoms. The Bertz CT molecular complexity index is 375. The van der Waals surface area contributed by atoms with Crippen LogP contribution in [0.25, 0.3) is 0 Å². The van der Waals surface area contributed by atoms with Gasteiger partial charge in [0.05, 0.1) is 0 Å². The summed E-state index contributed by atoms with van der Waals surface area (Å²) in [6.45, 7) is 6.71. The summed E-state index contributed by atoms with van der Waals surface area (Å²) in [5.41, 5.74) is 1.25. The SMILES string of the molecule is CCCCN(Cc1ccccc1Cl)CC1CCCN1. The zero-order valence-corrected chi connectivity index (χ0v) is 12.6. The average Bonchev–Trinajstić information content (AvgIpc) is 2.91. The molecule has 3 heteroatoms. The molecule has 19 heavy (non-hydrogen) atoms. The van der Waals surface area contributed by atoms with Crippen LogP contribution in [-0.4, -0.2) is 30.6 Å². The molecule has 1 aliphatic rings. The molecular formula is C16H25ClN2. The maximum atomic E-state index is 6.28. The molecule has 0 amide bonds. The van der Waals surface area contributed by atoms with E-state index in [9.17, 15) is 0 Å².